The zero-order valence-electron chi connectivity index (χ0n) is 19.0. The lowest BCUT2D eigenvalue weighted by Gasteiger charge is -2.30. The average molecular weight is 370 g/mol. The van der Waals surface area contributed by atoms with E-state index in [0.717, 1.165) is 30.4 Å². The van der Waals surface area contributed by atoms with Crippen LogP contribution in [0.4, 0.5) is 0 Å². The molecule has 1 amide bonds. The molecule has 0 aliphatic carbocycles. The number of nitrogens with one attached hydrogen (secondary N) is 1. The van der Waals surface area contributed by atoms with E-state index in [1.165, 1.54) is 70.8 Å². The first-order valence-electron chi connectivity index (χ1n) is 11.4. The van der Waals surface area contributed by atoms with Crippen LogP contribution in [0.2, 0.25) is 0 Å². The number of rotatable bonds is 17. The van der Waals surface area contributed by atoms with Crippen LogP contribution in [-0.4, -0.2) is 44.1 Å². The van der Waals surface area contributed by atoms with Crippen molar-refractivity contribution in [1.29, 1.82) is 0 Å². The highest BCUT2D eigenvalue weighted by Gasteiger charge is 2.24. The van der Waals surface area contributed by atoms with Crippen molar-refractivity contribution in [3.8, 4) is 0 Å². The van der Waals surface area contributed by atoms with Crippen LogP contribution in [-0.2, 0) is 4.79 Å². The average Bonchev–Trinajstić information content (AvgIpc) is 2.60. The molecular formula is C23H49N2O+. The lowest BCUT2D eigenvalue weighted by molar-refractivity contribution is -0.890. The first kappa shape index (κ1) is 25.4. The molecule has 3 heteroatoms. The number of nitrogens with zero attached hydrogens (tertiary/aromatic N) is 1. The molecule has 0 saturated carbocycles. The quantitative estimate of drug-likeness (QED) is 0.250. The summed E-state index contributed by atoms with van der Waals surface area (Å²) in [7, 11) is 4.65. The zero-order valence-corrected chi connectivity index (χ0v) is 19.0. The summed E-state index contributed by atoms with van der Waals surface area (Å²) in [5.41, 5.74) is -0.236. The van der Waals surface area contributed by atoms with Crippen molar-refractivity contribution in [3.63, 3.8) is 0 Å². The van der Waals surface area contributed by atoms with Crippen LogP contribution < -0.4 is 5.32 Å². The van der Waals surface area contributed by atoms with Gasteiger partial charge in [0.05, 0.1) is 27.2 Å². The molecule has 0 aliphatic heterocycles. The third kappa shape index (κ3) is 13.6. The molecule has 0 unspecified atom stereocenters. The summed E-state index contributed by atoms with van der Waals surface area (Å²) in [6.07, 6.45) is 15.9. The topological polar surface area (TPSA) is 29.1 Å². The molecule has 26 heavy (non-hydrogen) atoms. The van der Waals surface area contributed by atoms with Crippen molar-refractivity contribution >= 4 is 5.91 Å². The molecule has 0 atom stereocenters. The Hall–Kier alpha value is -0.570. The number of quaternary nitrogens is 1. The van der Waals surface area contributed by atoms with E-state index >= 15 is 0 Å². The number of hydrogen-bond donors (Lipinski definition) is 1. The summed E-state index contributed by atoms with van der Waals surface area (Å²) >= 11 is 0. The molecule has 3 nitrogen and oxygen atoms in total. The van der Waals surface area contributed by atoms with E-state index in [1.54, 1.807) is 0 Å². The number of unbranched alkanes of at least 4 members (excludes halogenated alkanes) is 9. The SMILES string of the molecule is CCCCCCCCCCCC[N+](C)(C)CCCNC(=O)C(C)(C)CC. The summed E-state index contributed by atoms with van der Waals surface area (Å²) in [5.74, 6) is 0.194. The second-order valence-corrected chi connectivity index (χ2v) is 9.41. The van der Waals surface area contributed by atoms with E-state index in [0.29, 0.717) is 0 Å². The number of carbonyl (C=O) groups excluding carboxylic acids is 1. The van der Waals surface area contributed by atoms with Gasteiger partial charge < -0.3 is 9.80 Å². The van der Waals surface area contributed by atoms with Crippen molar-refractivity contribution < 1.29 is 9.28 Å². The van der Waals surface area contributed by atoms with Gasteiger partial charge in [0.15, 0.2) is 0 Å². The first-order chi connectivity index (χ1) is 12.2. The molecule has 0 aliphatic rings. The Morgan fingerprint density at radius 1 is 0.769 bits per heavy atom. The molecular weight excluding hydrogens is 320 g/mol. The Morgan fingerprint density at radius 2 is 1.23 bits per heavy atom. The van der Waals surface area contributed by atoms with E-state index in [1.807, 2.05) is 13.8 Å². The molecule has 0 rings (SSSR count). The van der Waals surface area contributed by atoms with Crippen molar-refractivity contribution in [2.75, 3.05) is 33.7 Å². The lowest BCUT2D eigenvalue weighted by atomic mass is 9.89. The number of carbonyl (C=O) groups is 1. The first-order valence-corrected chi connectivity index (χ1v) is 11.4. The second-order valence-electron chi connectivity index (χ2n) is 9.41. The van der Waals surface area contributed by atoms with Gasteiger partial charge >= 0.3 is 0 Å². The summed E-state index contributed by atoms with van der Waals surface area (Å²) in [4.78, 5) is 12.1. The van der Waals surface area contributed by atoms with E-state index in [-0.39, 0.29) is 11.3 Å². The minimum absolute atomic E-state index is 0.194. The fraction of sp³-hybridized carbons (Fsp3) is 0.957. The predicted octanol–water partition coefficient (Wildman–Crippen LogP) is 5.93. The smallest absolute Gasteiger partial charge is 0.225 e. The Balaban J connectivity index is 3.60. The fourth-order valence-corrected chi connectivity index (χ4v) is 3.25. The van der Waals surface area contributed by atoms with Crippen LogP contribution in [0.25, 0.3) is 0 Å². The molecule has 1 N–H and O–H groups in total. The normalized spacial score (nSPS) is 12.4. The molecule has 0 spiro atoms. The van der Waals surface area contributed by atoms with E-state index in [9.17, 15) is 4.79 Å². The third-order valence-corrected chi connectivity index (χ3v) is 5.84. The van der Waals surface area contributed by atoms with Crippen molar-refractivity contribution in [2.45, 2.75) is 105 Å². The van der Waals surface area contributed by atoms with Crippen LogP contribution in [0.1, 0.15) is 105 Å². The lowest BCUT2D eigenvalue weighted by Crippen LogP contribution is -2.43. The maximum absolute atomic E-state index is 12.1. The molecule has 0 aromatic rings. The van der Waals surface area contributed by atoms with Crippen LogP contribution in [0.15, 0.2) is 0 Å². The van der Waals surface area contributed by atoms with Gasteiger partial charge in [-0.1, -0.05) is 79.1 Å². The highest BCUT2D eigenvalue weighted by Crippen LogP contribution is 2.19. The Bertz CT molecular complexity index is 350. The van der Waals surface area contributed by atoms with Gasteiger partial charge in [-0.2, -0.15) is 0 Å². The molecule has 0 bridgehead atoms. The highest BCUT2D eigenvalue weighted by molar-refractivity contribution is 5.81. The van der Waals surface area contributed by atoms with Crippen LogP contribution >= 0.6 is 0 Å². The third-order valence-electron chi connectivity index (χ3n) is 5.84. The van der Waals surface area contributed by atoms with Crippen LogP contribution in [0.5, 0.6) is 0 Å². The van der Waals surface area contributed by atoms with Gasteiger partial charge in [-0.05, 0) is 19.3 Å². The number of hydrogen-bond acceptors (Lipinski definition) is 1. The summed E-state index contributed by atoms with van der Waals surface area (Å²) in [6.45, 7) is 11.6. The van der Waals surface area contributed by atoms with Crippen LogP contribution in [0, 0.1) is 5.41 Å². The maximum atomic E-state index is 12.1. The molecule has 0 aromatic heterocycles. The largest absolute Gasteiger partial charge is 0.355 e. The van der Waals surface area contributed by atoms with E-state index in [2.05, 4.69) is 33.3 Å². The summed E-state index contributed by atoms with van der Waals surface area (Å²) in [5, 5.41) is 3.11. The van der Waals surface area contributed by atoms with Gasteiger partial charge in [0.2, 0.25) is 5.91 Å². The van der Waals surface area contributed by atoms with Gasteiger partial charge in [0.1, 0.15) is 0 Å². The van der Waals surface area contributed by atoms with Gasteiger partial charge in [-0.25, -0.2) is 0 Å². The van der Waals surface area contributed by atoms with Crippen molar-refractivity contribution in [1.82, 2.24) is 5.32 Å². The zero-order chi connectivity index (χ0) is 19.9. The Kier molecular flexibility index (Phi) is 14.2. The van der Waals surface area contributed by atoms with Gasteiger partial charge in [0.25, 0.3) is 0 Å². The summed E-state index contributed by atoms with van der Waals surface area (Å²) < 4.78 is 1.07. The fourth-order valence-electron chi connectivity index (χ4n) is 3.25. The van der Waals surface area contributed by atoms with E-state index < -0.39 is 0 Å². The Labute approximate surface area is 164 Å². The van der Waals surface area contributed by atoms with Gasteiger partial charge in [0, 0.05) is 18.4 Å². The molecule has 0 fully saturated rings. The predicted molar refractivity (Wildman–Crippen MR) is 115 cm³/mol. The van der Waals surface area contributed by atoms with Crippen molar-refractivity contribution in [2.24, 2.45) is 5.41 Å². The molecule has 156 valence electrons. The summed E-state index contributed by atoms with van der Waals surface area (Å²) in [6, 6.07) is 0. The minimum atomic E-state index is -0.236. The molecule has 0 radical (unpaired) electrons. The maximum Gasteiger partial charge on any atom is 0.225 e. The minimum Gasteiger partial charge on any atom is -0.355 e. The molecule has 0 heterocycles. The van der Waals surface area contributed by atoms with Crippen molar-refractivity contribution in [3.05, 3.63) is 0 Å². The molecule has 0 aromatic carbocycles. The number of amides is 1. The van der Waals surface area contributed by atoms with Gasteiger partial charge in [-0.15, -0.1) is 0 Å². The van der Waals surface area contributed by atoms with E-state index in [4.69, 9.17) is 0 Å². The van der Waals surface area contributed by atoms with Crippen LogP contribution in [0.3, 0.4) is 0 Å². The standard InChI is InChI=1S/C23H48N2O/c1-7-9-10-11-12-13-14-15-16-17-20-25(5,6)21-18-19-24-22(26)23(3,4)8-2/h7-21H2,1-6H3/p+1. The monoisotopic (exact) mass is 369 g/mol. The second kappa shape index (κ2) is 14.5. The Morgan fingerprint density at radius 3 is 1.73 bits per heavy atom. The molecule has 0 saturated heterocycles. The highest BCUT2D eigenvalue weighted by atomic mass is 16.2. The van der Waals surface area contributed by atoms with Gasteiger partial charge in [-0.3, -0.25) is 4.79 Å².